The number of hydrogen-bond donors (Lipinski definition) is 1. The minimum Gasteiger partial charge on any atom is -0.372 e. The lowest BCUT2D eigenvalue weighted by Gasteiger charge is -2.21. The molecule has 0 unspecified atom stereocenters. The number of carbonyl (C=O) groups excluding carboxylic acids is 1. The number of nitrogens with one attached hydrogen (secondary N) is 1. The number of nitrogens with zero attached hydrogens (tertiary/aromatic N) is 4. The third kappa shape index (κ3) is 6.92. The molecule has 0 aliphatic heterocycles. The number of alkyl halides is 6. The first-order valence-electron chi connectivity index (χ1n) is 8.11. The van der Waals surface area contributed by atoms with E-state index in [1.54, 1.807) is 0 Å². The number of hydroxylamine groups is 1. The van der Waals surface area contributed by atoms with Gasteiger partial charge >= 0.3 is 12.4 Å². The molecule has 1 amide bonds. The topological polar surface area (TPSA) is 108 Å². The second-order valence-corrected chi connectivity index (χ2v) is 9.12. The van der Waals surface area contributed by atoms with Crippen molar-refractivity contribution in [2.75, 3.05) is 32.4 Å². The number of fused-ring (bicyclic) bond motifs is 1. The zero-order valence-electron chi connectivity index (χ0n) is 15.3. The number of hydrogen-bond acceptors (Lipinski definition) is 7. The molecule has 30 heavy (non-hydrogen) atoms. The van der Waals surface area contributed by atoms with Gasteiger partial charge in [0, 0.05) is 6.54 Å². The normalized spacial score (nSPS) is 13.0. The molecule has 2 rings (SSSR count). The highest BCUT2D eigenvalue weighted by Crippen LogP contribution is 2.53. The molecule has 1 N–H and O–H groups in total. The summed E-state index contributed by atoms with van der Waals surface area (Å²) in [6, 6.07) is 0. The van der Waals surface area contributed by atoms with Gasteiger partial charge in [0.1, 0.15) is 25.3 Å². The van der Waals surface area contributed by atoms with Crippen LogP contribution in [0.1, 0.15) is 10.5 Å². The third-order valence-corrected chi connectivity index (χ3v) is 6.07. The Morgan fingerprint density at radius 2 is 1.77 bits per heavy atom. The Bertz CT molecular complexity index is 912. The molecule has 0 saturated heterocycles. The van der Waals surface area contributed by atoms with Crippen LogP contribution in [0.15, 0.2) is 12.7 Å². The van der Waals surface area contributed by atoms with Gasteiger partial charge in [-0.15, -0.1) is 0 Å². The van der Waals surface area contributed by atoms with Crippen LogP contribution in [-0.4, -0.2) is 70.2 Å². The van der Waals surface area contributed by atoms with Crippen molar-refractivity contribution in [3.8, 4) is 0 Å². The van der Waals surface area contributed by atoms with Gasteiger partial charge in [-0.2, -0.15) is 26.3 Å². The van der Waals surface area contributed by atoms with Crippen molar-refractivity contribution >= 4 is 24.2 Å². The predicted molar refractivity (Wildman–Crippen MR) is 90.1 cm³/mol. The fourth-order valence-corrected chi connectivity index (χ4v) is 4.61. The summed E-state index contributed by atoms with van der Waals surface area (Å²) in [5.41, 5.74) is 2.20. The van der Waals surface area contributed by atoms with Crippen LogP contribution >= 0.6 is 7.14 Å². The molecule has 2 aromatic heterocycles. The first kappa shape index (κ1) is 24.0. The van der Waals surface area contributed by atoms with Crippen LogP contribution in [0, 0.1) is 0 Å². The molecule has 0 atom stereocenters. The number of amides is 1. The summed E-state index contributed by atoms with van der Waals surface area (Å²) >= 11 is 0. The van der Waals surface area contributed by atoms with Crippen molar-refractivity contribution in [3.05, 3.63) is 18.3 Å². The molecule has 168 valence electrons. The van der Waals surface area contributed by atoms with Crippen LogP contribution in [-0.2, 0) is 20.7 Å². The van der Waals surface area contributed by atoms with Gasteiger partial charge in [-0.25, -0.2) is 20.4 Å². The summed E-state index contributed by atoms with van der Waals surface area (Å²) in [4.78, 5) is 28.0. The van der Waals surface area contributed by atoms with E-state index < -0.39 is 44.1 Å². The van der Waals surface area contributed by atoms with Crippen LogP contribution in [0.5, 0.6) is 0 Å². The number of aromatic nitrogens is 4. The molecule has 9 nitrogen and oxygen atoms in total. The molecule has 2 aromatic rings. The van der Waals surface area contributed by atoms with Crippen molar-refractivity contribution in [2.24, 2.45) is 0 Å². The van der Waals surface area contributed by atoms with Gasteiger partial charge in [-0.05, 0) is 0 Å². The average Bonchev–Trinajstić information content (AvgIpc) is 2.98. The number of imidazole rings is 1. The highest BCUT2D eigenvalue weighted by Gasteiger charge is 2.46. The predicted octanol–water partition coefficient (Wildman–Crippen LogP) is 2.58. The van der Waals surface area contributed by atoms with E-state index in [-0.39, 0.29) is 30.0 Å². The first-order valence-corrected chi connectivity index (χ1v) is 10.4. The first-order chi connectivity index (χ1) is 13.8. The Morgan fingerprint density at radius 1 is 1.13 bits per heavy atom. The maximum absolute atomic E-state index is 12.5. The van der Waals surface area contributed by atoms with Crippen LogP contribution in [0.3, 0.4) is 0 Å². The summed E-state index contributed by atoms with van der Waals surface area (Å²) < 4.78 is 93.5. The average molecular weight is 463 g/mol. The van der Waals surface area contributed by atoms with Crippen LogP contribution < -0.4 is 5.48 Å². The molecule has 0 radical (unpaired) electrons. The van der Waals surface area contributed by atoms with Gasteiger partial charge in [0.25, 0.3) is 5.91 Å². The highest BCUT2D eigenvalue weighted by molar-refractivity contribution is 7.63. The zero-order valence-corrected chi connectivity index (χ0v) is 16.2. The van der Waals surface area contributed by atoms with Crippen LogP contribution in [0.4, 0.5) is 26.3 Å². The summed E-state index contributed by atoms with van der Waals surface area (Å²) in [5.74, 6) is -0.702. The lowest BCUT2D eigenvalue weighted by Crippen LogP contribution is -2.24. The van der Waals surface area contributed by atoms with E-state index in [4.69, 9.17) is 4.74 Å². The van der Waals surface area contributed by atoms with E-state index in [1.165, 1.54) is 18.0 Å². The van der Waals surface area contributed by atoms with Crippen molar-refractivity contribution in [3.63, 3.8) is 0 Å². The van der Waals surface area contributed by atoms with E-state index in [2.05, 4.69) is 25.3 Å². The molecular weight excluding hydrogens is 447 g/mol. The van der Waals surface area contributed by atoms with Gasteiger partial charge < -0.3 is 13.9 Å². The Balaban J connectivity index is 2.05. The van der Waals surface area contributed by atoms with Gasteiger partial charge in [0.15, 0.2) is 11.3 Å². The largest absolute Gasteiger partial charge is 0.395 e. The second-order valence-electron chi connectivity index (χ2n) is 6.11. The van der Waals surface area contributed by atoms with Gasteiger partial charge in [-0.1, -0.05) is 0 Å². The molecule has 2 heterocycles. The molecule has 16 heteroatoms. The van der Waals surface area contributed by atoms with E-state index in [0.717, 1.165) is 6.33 Å². The van der Waals surface area contributed by atoms with Crippen LogP contribution in [0.25, 0.3) is 11.2 Å². The van der Waals surface area contributed by atoms with Crippen molar-refractivity contribution in [2.45, 2.75) is 18.9 Å². The fourth-order valence-electron chi connectivity index (χ4n) is 2.55. The highest BCUT2D eigenvalue weighted by atomic mass is 31.2. The Kier molecular flexibility index (Phi) is 7.42. The molecule has 0 spiro atoms. The quantitative estimate of drug-likeness (QED) is 0.264. The van der Waals surface area contributed by atoms with E-state index in [9.17, 15) is 35.7 Å². The molecule has 0 aliphatic carbocycles. The molecule has 0 saturated carbocycles. The lowest BCUT2D eigenvalue weighted by atomic mass is 10.3. The number of rotatable bonds is 9. The van der Waals surface area contributed by atoms with Crippen molar-refractivity contribution in [1.29, 1.82) is 0 Å². The monoisotopic (exact) mass is 463 g/mol. The molecule has 0 bridgehead atoms. The molecule has 0 aromatic carbocycles. The smallest absolute Gasteiger partial charge is 0.372 e. The lowest BCUT2D eigenvalue weighted by molar-refractivity contribution is -0.113. The maximum atomic E-state index is 12.5. The van der Waals surface area contributed by atoms with Crippen LogP contribution in [0.2, 0.25) is 0 Å². The number of ether oxygens (including phenoxy) is 1. The summed E-state index contributed by atoms with van der Waals surface area (Å²) in [7, 11) is -3.52. The van der Waals surface area contributed by atoms with E-state index in [1.807, 2.05) is 0 Å². The molecule has 0 aliphatic rings. The van der Waals surface area contributed by atoms with Gasteiger partial charge in [-0.3, -0.25) is 9.63 Å². The SMILES string of the molecule is CONC(=O)c1ncnc2c1ncn2CCOCP(=O)(CC(F)(F)F)CC(F)(F)F. The Morgan fingerprint density at radius 3 is 2.33 bits per heavy atom. The third-order valence-electron chi connectivity index (χ3n) is 3.55. The van der Waals surface area contributed by atoms with Crippen molar-refractivity contribution in [1.82, 2.24) is 25.0 Å². The number of halogens is 6. The summed E-state index contributed by atoms with van der Waals surface area (Å²) in [5, 5.41) is 0. The fraction of sp³-hybridized carbons (Fsp3) is 0.571. The van der Waals surface area contributed by atoms with E-state index in [0.29, 0.717) is 0 Å². The Hall–Kier alpha value is -2.25. The zero-order chi connectivity index (χ0) is 22.6. The maximum Gasteiger partial charge on any atom is 0.395 e. The minimum atomic E-state index is -5.03. The molecular formula is C14H16F6N5O4P. The Labute approximate surface area is 165 Å². The van der Waals surface area contributed by atoms with E-state index >= 15 is 0 Å². The van der Waals surface area contributed by atoms with Gasteiger partial charge in [0.2, 0.25) is 0 Å². The van der Waals surface area contributed by atoms with Crippen molar-refractivity contribution < 1.29 is 45.3 Å². The standard InChI is InChI=1S/C14H16F6N5O4P/c1-28-24-12(26)10-9-11(22-6-21-10)25(7-23-9)2-3-29-8-30(27,4-13(15,16)17)5-14(18,19)20/h6-7H,2-5,8H2,1H3,(H,24,26). The van der Waals surface area contributed by atoms with Gasteiger partial charge in [0.05, 0.1) is 32.4 Å². The summed E-state index contributed by atoms with van der Waals surface area (Å²) in [6.45, 7) is -0.453. The molecule has 0 fully saturated rings. The number of carbonyl (C=O) groups is 1. The second kappa shape index (κ2) is 9.27. The summed E-state index contributed by atoms with van der Waals surface area (Å²) in [6.07, 6.45) is -13.1. The minimum absolute atomic E-state index is 0.0864.